The first-order chi connectivity index (χ1) is 10.5. The van der Waals surface area contributed by atoms with E-state index in [1.165, 1.54) is 5.56 Å². The van der Waals surface area contributed by atoms with E-state index < -0.39 is 0 Å². The molecule has 1 aliphatic rings. The predicted molar refractivity (Wildman–Crippen MR) is 86.4 cm³/mol. The molecule has 0 amide bonds. The molecule has 0 aromatic heterocycles. The number of rotatable bonds is 2. The Morgan fingerprint density at radius 3 is 2.55 bits per heavy atom. The van der Waals surface area contributed by atoms with Crippen LogP contribution in [0.2, 0.25) is 0 Å². The zero-order chi connectivity index (χ0) is 16.0. The Labute approximate surface area is 132 Å². The molecule has 1 aromatic carbocycles. The molecule has 22 heavy (non-hydrogen) atoms. The smallest absolute Gasteiger partial charge is 0.306 e. The summed E-state index contributed by atoms with van der Waals surface area (Å²) in [6.07, 6.45) is 5.92. The lowest BCUT2D eigenvalue weighted by Gasteiger charge is -2.24. The average molecular weight is 300 g/mol. The van der Waals surface area contributed by atoms with Crippen molar-refractivity contribution in [3.8, 4) is 0 Å². The third-order valence-electron chi connectivity index (χ3n) is 3.98. The summed E-state index contributed by atoms with van der Waals surface area (Å²) >= 11 is 0. The summed E-state index contributed by atoms with van der Waals surface area (Å²) in [5.74, 6) is -0.0386. The van der Waals surface area contributed by atoms with Gasteiger partial charge in [-0.1, -0.05) is 56.3 Å². The maximum Gasteiger partial charge on any atom is 0.306 e. The number of carbonyl (C=O) groups excluding carboxylic acids is 2. The lowest BCUT2D eigenvalue weighted by atomic mass is 9.79. The Hall–Kier alpha value is -1.90. The molecule has 0 bridgehead atoms. The molecule has 0 aliphatic carbocycles. The van der Waals surface area contributed by atoms with Crippen LogP contribution in [0.5, 0.6) is 0 Å². The van der Waals surface area contributed by atoms with Gasteiger partial charge >= 0.3 is 5.97 Å². The van der Waals surface area contributed by atoms with Crippen LogP contribution in [0.4, 0.5) is 0 Å². The SMILES string of the molecule is CC1(C)CC(=O)OC/C=C\C[C@H](Cc2ccccc2)C(=O)C1. The normalized spacial score (nSPS) is 24.2. The van der Waals surface area contributed by atoms with Crippen LogP contribution in [0.3, 0.4) is 0 Å². The van der Waals surface area contributed by atoms with Gasteiger partial charge in [0, 0.05) is 12.3 Å². The minimum atomic E-state index is -0.354. The third kappa shape index (κ3) is 5.14. The molecule has 1 aliphatic heterocycles. The Balaban J connectivity index is 2.14. The van der Waals surface area contributed by atoms with Gasteiger partial charge in [0.1, 0.15) is 12.4 Å². The topological polar surface area (TPSA) is 43.4 Å². The van der Waals surface area contributed by atoms with E-state index in [0.717, 1.165) is 6.42 Å². The van der Waals surface area contributed by atoms with Gasteiger partial charge in [0.2, 0.25) is 0 Å². The molecule has 3 heteroatoms. The molecule has 0 N–H and O–H groups in total. The van der Waals surface area contributed by atoms with Crippen molar-refractivity contribution >= 4 is 11.8 Å². The van der Waals surface area contributed by atoms with Crippen molar-refractivity contribution < 1.29 is 14.3 Å². The first kappa shape index (κ1) is 16.5. The summed E-state index contributed by atoms with van der Waals surface area (Å²) in [6, 6.07) is 10.1. The summed E-state index contributed by atoms with van der Waals surface area (Å²) in [4.78, 5) is 24.4. The van der Waals surface area contributed by atoms with E-state index in [2.05, 4.69) is 12.1 Å². The number of benzene rings is 1. The number of ketones is 1. The highest BCUT2D eigenvalue weighted by atomic mass is 16.5. The Morgan fingerprint density at radius 1 is 1.09 bits per heavy atom. The zero-order valence-electron chi connectivity index (χ0n) is 13.4. The lowest BCUT2D eigenvalue weighted by molar-refractivity contribution is -0.145. The average Bonchev–Trinajstić information content (AvgIpc) is 2.46. The van der Waals surface area contributed by atoms with Crippen LogP contribution in [0.15, 0.2) is 42.5 Å². The van der Waals surface area contributed by atoms with Gasteiger partial charge in [0.15, 0.2) is 0 Å². The fourth-order valence-electron chi connectivity index (χ4n) is 2.82. The quantitative estimate of drug-likeness (QED) is 0.617. The first-order valence-electron chi connectivity index (χ1n) is 7.83. The summed E-state index contributed by atoms with van der Waals surface area (Å²) in [5.41, 5.74) is 0.822. The largest absolute Gasteiger partial charge is 0.461 e. The van der Waals surface area contributed by atoms with Gasteiger partial charge < -0.3 is 4.74 Å². The second-order valence-corrected chi connectivity index (χ2v) is 6.76. The zero-order valence-corrected chi connectivity index (χ0v) is 13.4. The third-order valence-corrected chi connectivity index (χ3v) is 3.98. The van der Waals surface area contributed by atoms with Crippen LogP contribution in [0.25, 0.3) is 0 Å². The number of hydrogen-bond acceptors (Lipinski definition) is 3. The van der Waals surface area contributed by atoms with Gasteiger partial charge in [0.05, 0.1) is 6.42 Å². The van der Waals surface area contributed by atoms with Crippen LogP contribution in [0, 0.1) is 11.3 Å². The predicted octanol–water partition coefficient (Wildman–Crippen LogP) is 3.72. The standard InChI is InChI=1S/C19H24O3/c1-19(2)13-17(20)16(12-15-8-4-3-5-9-15)10-6-7-11-22-18(21)14-19/h3-9,16H,10-14H2,1-2H3/b7-6-/t16-/m1/s1. The summed E-state index contributed by atoms with van der Waals surface area (Å²) in [7, 11) is 0. The molecule has 118 valence electrons. The fourth-order valence-corrected chi connectivity index (χ4v) is 2.82. The van der Waals surface area contributed by atoms with Gasteiger partial charge in [-0.05, 0) is 23.8 Å². The lowest BCUT2D eigenvalue weighted by Crippen LogP contribution is -2.26. The van der Waals surface area contributed by atoms with Crippen molar-refractivity contribution in [1.29, 1.82) is 0 Å². The fraction of sp³-hybridized carbons (Fsp3) is 0.474. The van der Waals surface area contributed by atoms with E-state index in [4.69, 9.17) is 4.74 Å². The summed E-state index contributed by atoms with van der Waals surface area (Å²) in [5, 5.41) is 0. The van der Waals surface area contributed by atoms with E-state index in [0.29, 0.717) is 19.4 Å². The van der Waals surface area contributed by atoms with Crippen LogP contribution in [-0.2, 0) is 20.7 Å². The van der Waals surface area contributed by atoms with Crippen molar-refractivity contribution in [2.75, 3.05) is 6.61 Å². The second-order valence-electron chi connectivity index (χ2n) is 6.76. The van der Waals surface area contributed by atoms with E-state index in [1.54, 1.807) is 0 Å². The molecule has 0 fully saturated rings. The molecule has 0 unspecified atom stereocenters. The number of cyclic esters (lactones) is 1. The van der Waals surface area contributed by atoms with Crippen LogP contribution in [-0.4, -0.2) is 18.4 Å². The second kappa shape index (κ2) is 7.39. The first-order valence-corrected chi connectivity index (χ1v) is 7.83. The highest BCUT2D eigenvalue weighted by Gasteiger charge is 2.29. The molecule has 0 saturated heterocycles. The maximum atomic E-state index is 12.7. The van der Waals surface area contributed by atoms with Gasteiger partial charge in [-0.3, -0.25) is 9.59 Å². The van der Waals surface area contributed by atoms with Gasteiger partial charge in [0.25, 0.3) is 0 Å². The molecular formula is C19H24O3. The molecule has 3 nitrogen and oxygen atoms in total. The Morgan fingerprint density at radius 2 is 1.82 bits per heavy atom. The molecule has 1 heterocycles. The summed E-state index contributed by atoms with van der Waals surface area (Å²) < 4.78 is 5.16. The van der Waals surface area contributed by atoms with Crippen molar-refractivity contribution in [3.05, 3.63) is 48.0 Å². The molecule has 0 spiro atoms. The monoisotopic (exact) mass is 300 g/mol. The van der Waals surface area contributed by atoms with Gasteiger partial charge in [-0.25, -0.2) is 0 Å². The van der Waals surface area contributed by atoms with Crippen molar-refractivity contribution in [1.82, 2.24) is 0 Å². The number of hydrogen-bond donors (Lipinski definition) is 0. The Bertz CT molecular complexity index is 543. The minimum absolute atomic E-state index is 0.0360. The minimum Gasteiger partial charge on any atom is -0.461 e. The number of esters is 1. The summed E-state index contributed by atoms with van der Waals surface area (Å²) in [6.45, 7) is 4.20. The van der Waals surface area contributed by atoms with Crippen LogP contribution >= 0.6 is 0 Å². The van der Waals surface area contributed by atoms with E-state index in [1.807, 2.05) is 44.2 Å². The van der Waals surface area contributed by atoms with Crippen LogP contribution < -0.4 is 0 Å². The molecule has 0 saturated carbocycles. The van der Waals surface area contributed by atoms with Crippen molar-refractivity contribution in [2.45, 2.75) is 39.5 Å². The number of Topliss-reactive ketones (excluding diaryl/α,β-unsaturated/α-hetero) is 1. The van der Waals surface area contributed by atoms with E-state index in [9.17, 15) is 9.59 Å². The Kier molecular flexibility index (Phi) is 5.53. The maximum absolute atomic E-state index is 12.7. The highest BCUT2D eigenvalue weighted by Crippen LogP contribution is 2.29. The van der Waals surface area contributed by atoms with Crippen LogP contribution in [0.1, 0.15) is 38.7 Å². The molecule has 0 radical (unpaired) electrons. The van der Waals surface area contributed by atoms with Crippen molar-refractivity contribution in [2.24, 2.45) is 11.3 Å². The molecular weight excluding hydrogens is 276 g/mol. The molecule has 1 aromatic rings. The van der Waals surface area contributed by atoms with Crippen molar-refractivity contribution in [3.63, 3.8) is 0 Å². The molecule has 2 rings (SSSR count). The van der Waals surface area contributed by atoms with E-state index in [-0.39, 0.29) is 29.5 Å². The van der Waals surface area contributed by atoms with E-state index >= 15 is 0 Å². The number of allylic oxidation sites excluding steroid dienone is 1. The highest BCUT2D eigenvalue weighted by molar-refractivity contribution is 5.83. The number of carbonyl (C=O) groups is 2. The van der Waals surface area contributed by atoms with Gasteiger partial charge in [-0.15, -0.1) is 0 Å². The molecule has 1 atom stereocenters. The number of ether oxygens (including phenoxy) is 1. The van der Waals surface area contributed by atoms with Gasteiger partial charge in [-0.2, -0.15) is 0 Å².